The molecule has 3 nitrogen and oxygen atoms in total. The van der Waals surface area contributed by atoms with Gasteiger partial charge < -0.3 is 4.74 Å². The molecule has 1 unspecified atom stereocenters. The van der Waals surface area contributed by atoms with Crippen LogP contribution >= 0.6 is 0 Å². The van der Waals surface area contributed by atoms with Crippen molar-refractivity contribution in [2.45, 2.75) is 38.8 Å². The average molecular weight is 199 g/mol. The maximum atomic E-state index is 11.7. The summed E-state index contributed by atoms with van der Waals surface area (Å²) in [5.41, 5.74) is -0.424. The highest BCUT2D eigenvalue weighted by molar-refractivity contribution is 5.76. The maximum Gasteiger partial charge on any atom is 0.324 e. The lowest BCUT2D eigenvalue weighted by Gasteiger charge is -2.26. The van der Waals surface area contributed by atoms with E-state index in [1.807, 2.05) is 39.8 Å². The second kappa shape index (κ2) is 5.15. The molecule has 82 valence electrons. The molecule has 0 fully saturated rings. The van der Waals surface area contributed by atoms with Crippen LogP contribution in [0.2, 0.25) is 0 Å². The summed E-state index contributed by atoms with van der Waals surface area (Å²) in [7, 11) is 3.72. The molecule has 1 atom stereocenters. The summed E-state index contributed by atoms with van der Waals surface area (Å²) in [5, 5.41) is 0. The Morgan fingerprint density at radius 2 is 2.00 bits per heavy atom. The van der Waals surface area contributed by atoms with Crippen LogP contribution in [0.3, 0.4) is 0 Å². The fourth-order valence-electron chi connectivity index (χ4n) is 1.05. The summed E-state index contributed by atoms with van der Waals surface area (Å²) >= 11 is 0. The topological polar surface area (TPSA) is 29.5 Å². The van der Waals surface area contributed by atoms with E-state index < -0.39 is 5.60 Å². The summed E-state index contributed by atoms with van der Waals surface area (Å²) in [6.07, 6.45) is 2.34. The van der Waals surface area contributed by atoms with E-state index in [9.17, 15) is 4.79 Å². The SMILES string of the molecule is C=CCC(C(=O)OC(C)(C)C)N(C)C. The number of carbonyl (C=O) groups is 1. The van der Waals surface area contributed by atoms with Crippen molar-refractivity contribution in [3.63, 3.8) is 0 Å². The van der Waals surface area contributed by atoms with Gasteiger partial charge in [0.1, 0.15) is 11.6 Å². The highest BCUT2D eigenvalue weighted by Gasteiger charge is 2.25. The molecule has 0 aromatic rings. The lowest BCUT2D eigenvalue weighted by Crippen LogP contribution is -2.40. The van der Waals surface area contributed by atoms with Gasteiger partial charge in [0.05, 0.1) is 0 Å². The fraction of sp³-hybridized carbons (Fsp3) is 0.727. The minimum Gasteiger partial charge on any atom is -0.459 e. The molecule has 0 rings (SSSR count). The van der Waals surface area contributed by atoms with E-state index >= 15 is 0 Å². The third-order valence-corrected chi connectivity index (χ3v) is 1.69. The molecule has 0 saturated heterocycles. The van der Waals surface area contributed by atoms with Crippen LogP contribution in [-0.2, 0) is 9.53 Å². The van der Waals surface area contributed by atoms with Crippen molar-refractivity contribution in [3.8, 4) is 0 Å². The van der Waals surface area contributed by atoms with Crippen LogP contribution in [-0.4, -0.2) is 36.6 Å². The molecule has 0 aliphatic carbocycles. The Hall–Kier alpha value is -0.830. The molecule has 0 aromatic carbocycles. The van der Waals surface area contributed by atoms with Gasteiger partial charge in [0, 0.05) is 0 Å². The molecular weight excluding hydrogens is 178 g/mol. The number of ether oxygens (including phenoxy) is 1. The smallest absolute Gasteiger partial charge is 0.324 e. The Morgan fingerprint density at radius 1 is 1.50 bits per heavy atom. The summed E-state index contributed by atoms with van der Waals surface area (Å²) in [5.74, 6) is -0.192. The van der Waals surface area contributed by atoms with E-state index in [2.05, 4.69) is 6.58 Å². The van der Waals surface area contributed by atoms with E-state index in [-0.39, 0.29) is 12.0 Å². The third kappa shape index (κ3) is 5.02. The summed E-state index contributed by atoms with van der Waals surface area (Å²) < 4.78 is 5.29. The van der Waals surface area contributed by atoms with Crippen LogP contribution in [0.25, 0.3) is 0 Å². The Morgan fingerprint density at radius 3 is 2.29 bits per heavy atom. The molecule has 0 saturated carbocycles. The zero-order valence-electron chi connectivity index (χ0n) is 9.83. The monoisotopic (exact) mass is 199 g/mol. The predicted octanol–water partition coefficient (Wildman–Crippen LogP) is 1.83. The zero-order valence-corrected chi connectivity index (χ0v) is 9.83. The molecule has 0 radical (unpaired) electrons. The predicted molar refractivity (Wildman–Crippen MR) is 58.1 cm³/mol. The lowest BCUT2D eigenvalue weighted by molar-refractivity contribution is -0.160. The highest BCUT2D eigenvalue weighted by atomic mass is 16.6. The van der Waals surface area contributed by atoms with Gasteiger partial charge in [-0.3, -0.25) is 9.69 Å². The Labute approximate surface area is 86.7 Å². The van der Waals surface area contributed by atoms with Gasteiger partial charge in [-0.2, -0.15) is 0 Å². The van der Waals surface area contributed by atoms with Crippen molar-refractivity contribution in [3.05, 3.63) is 12.7 Å². The number of hydrogen-bond donors (Lipinski definition) is 0. The fourth-order valence-corrected chi connectivity index (χ4v) is 1.05. The molecular formula is C11H21NO2. The Kier molecular flexibility index (Phi) is 4.85. The average Bonchev–Trinajstić information content (AvgIpc) is 1.95. The first kappa shape index (κ1) is 13.2. The molecule has 0 bridgehead atoms. The third-order valence-electron chi connectivity index (χ3n) is 1.69. The molecule has 0 aliphatic rings. The lowest BCUT2D eigenvalue weighted by atomic mass is 10.1. The van der Waals surface area contributed by atoms with E-state index in [0.29, 0.717) is 6.42 Å². The quantitative estimate of drug-likeness (QED) is 0.511. The molecule has 14 heavy (non-hydrogen) atoms. The minimum absolute atomic E-state index is 0.192. The minimum atomic E-state index is -0.424. The van der Waals surface area contributed by atoms with Crippen molar-refractivity contribution < 1.29 is 9.53 Å². The second-order valence-corrected chi connectivity index (χ2v) is 4.54. The number of rotatable bonds is 4. The van der Waals surface area contributed by atoms with E-state index in [4.69, 9.17) is 4.74 Å². The van der Waals surface area contributed by atoms with Crippen LogP contribution in [0.1, 0.15) is 27.2 Å². The van der Waals surface area contributed by atoms with Crippen LogP contribution in [0.15, 0.2) is 12.7 Å². The van der Waals surface area contributed by atoms with Crippen molar-refractivity contribution in [2.75, 3.05) is 14.1 Å². The highest BCUT2D eigenvalue weighted by Crippen LogP contribution is 2.12. The van der Waals surface area contributed by atoms with Gasteiger partial charge in [0.15, 0.2) is 0 Å². The molecule has 0 aliphatic heterocycles. The van der Waals surface area contributed by atoms with Crippen LogP contribution in [0.4, 0.5) is 0 Å². The van der Waals surface area contributed by atoms with Crippen LogP contribution in [0, 0.1) is 0 Å². The molecule has 0 amide bonds. The van der Waals surface area contributed by atoms with Crippen molar-refractivity contribution >= 4 is 5.97 Å². The normalized spacial score (nSPS) is 13.9. The standard InChI is InChI=1S/C11H21NO2/c1-7-8-9(12(5)6)10(13)14-11(2,3)4/h7,9H,1,8H2,2-6H3. The zero-order chi connectivity index (χ0) is 11.4. The number of carbonyl (C=O) groups excluding carboxylic acids is 1. The van der Waals surface area contributed by atoms with Crippen molar-refractivity contribution in [1.82, 2.24) is 4.90 Å². The molecule has 0 heterocycles. The number of esters is 1. The van der Waals surface area contributed by atoms with Gasteiger partial charge >= 0.3 is 5.97 Å². The van der Waals surface area contributed by atoms with Crippen LogP contribution in [0.5, 0.6) is 0 Å². The Bertz CT molecular complexity index is 204. The Balaban J connectivity index is 4.37. The first-order chi connectivity index (χ1) is 6.28. The summed E-state index contributed by atoms with van der Waals surface area (Å²) in [6.45, 7) is 9.23. The first-order valence-electron chi connectivity index (χ1n) is 4.78. The summed E-state index contributed by atoms with van der Waals surface area (Å²) in [6, 6.07) is -0.230. The first-order valence-corrected chi connectivity index (χ1v) is 4.78. The number of nitrogens with zero attached hydrogens (tertiary/aromatic N) is 1. The van der Waals surface area contributed by atoms with Crippen LogP contribution < -0.4 is 0 Å². The van der Waals surface area contributed by atoms with Crippen molar-refractivity contribution in [1.29, 1.82) is 0 Å². The van der Waals surface area contributed by atoms with Gasteiger partial charge in [0.2, 0.25) is 0 Å². The van der Waals surface area contributed by atoms with Gasteiger partial charge in [-0.15, -0.1) is 6.58 Å². The molecule has 0 aromatic heterocycles. The molecule has 0 N–H and O–H groups in total. The van der Waals surface area contributed by atoms with Gasteiger partial charge in [0.25, 0.3) is 0 Å². The molecule has 3 heteroatoms. The number of hydrogen-bond acceptors (Lipinski definition) is 3. The molecule has 0 spiro atoms. The van der Waals surface area contributed by atoms with Gasteiger partial charge in [-0.05, 0) is 41.3 Å². The number of likely N-dealkylation sites (N-methyl/N-ethyl adjacent to an activating group) is 1. The largest absolute Gasteiger partial charge is 0.459 e. The maximum absolute atomic E-state index is 11.7. The van der Waals surface area contributed by atoms with Crippen molar-refractivity contribution in [2.24, 2.45) is 0 Å². The summed E-state index contributed by atoms with van der Waals surface area (Å²) in [4.78, 5) is 13.5. The van der Waals surface area contributed by atoms with E-state index in [1.54, 1.807) is 6.08 Å². The second-order valence-electron chi connectivity index (χ2n) is 4.54. The van der Waals surface area contributed by atoms with Gasteiger partial charge in [-0.1, -0.05) is 6.08 Å². The van der Waals surface area contributed by atoms with E-state index in [1.165, 1.54) is 0 Å². The van der Waals surface area contributed by atoms with Gasteiger partial charge in [-0.25, -0.2) is 0 Å². The van der Waals surface area contributed by atoms with E-state index in [0.717, 1.165) is 0 Å².